The van der Waals surface area contributed by atoms with Crippen LogP contribution in [-0.2, 0) is 4.79 Å². The molecule has 2 aliphatic heterocycles. The number of likely N-dealkylation sites (tertiary alicyclic amines) is 2. The number of hydrogen-bond acceptors (Lipinski definition) is 4. The number of amides is 1. The highest BCUT2D eigenvalue weighted by Crippen LogP contribution is 2.32. The van der Waals surface area contributed by atoms with Crippen molar-refractivity contribution in [2.24, 2.45) is 5.92 Å². The first-order valence-electron chi connectivity index (χ1n) is 8.17. The zero-order chi connectivity index (χ0) is 16.6. The molecule has 0 aliphatic carbocycles. The molecule has 2 aliphatic rings. The fourth-order valence-electron chi connectivity index (χ4n) is 3.38. The minimum atomic E-state index is -2.32. The predicted molar refractivity (Wildman–Crippen MR) is 86.1 cm³/mol. The Morgan fingerprint density at radius 2 is 2.09 bits per heavy atom. The number of piperidine rings is 1. The highest BCUT2D eigenvalue weighted by atomic mass is 32.1. The first-order chi connectivity index (χ1) is 10.9. The van der Waals surface area contributed by atoms with Crippen molar-refractivity contribution < 1.29 is 13.6 Å². The highest BCUT2D eigenvalue weighted by molar-refractivity contribution is 7.11. The first kappa shape index (κ1) is 16.8. The minimum Gasteiger partial charge on any atom is -0.342 e. The molecule has 0 saturated carbocycles. The maximum atomic E-state index is 12.6. The largest absolute Gasteiger partial charge is 0.342 e. The number of alkyl halides is 2. The Balaban J connectivity index is 1.55. The molecule has 1 aromatic rings. The van der Waals surface area contributed by atoms with Gasteiger partial charge in [0.1, 0.15) is 0 Å². The average molecular weight is 343 g/mol. The second kappa shape index (κ2) is 6.81. The Bertz CT molecular complexity index is 552. The van der Waals surface area contributed by atoms with E-state index in [-0.39, 0.29) is 18.4 Å². The van der Waals surface area contributed by atoms with E-state index in [2.05, 4.69) is 11.9 Å². The molecule has 1 amide bonds. The van der Waals surface area contributed by atoms with Crippen LogP contribution in [0.5, 0.6) is 0 Å². The van der Waals surface area contributed by atoms with Crippen LogP contribution in [0.15, 0.2) is 0 Å². The lowest BCUT2D eigenvalue weighted by molar-refractivity contribution is -0.143. The van der Waals surface area contributed by atoms with E-state index in [9.17, 15) is 13.6 Å². The molecular formula is C16H23F2N3OS. The van der Waals surface area contributed by atoms with E-state index in [4.69, 9.17) is 0 Å². The summed E-state index contributed by atoms with van der Waals surface area (Å²) < 4.78 is 24.6. The molecule has 7 heteroatoms. The summed E-state index contributed by atoms with van der Waals surface area (Å²) in [7, 11) is 0. The fourth-order valence-corrected chi connectivity index (χ4v) is 4.43. The molecule has 4 nitrogen and oxygen atoms in total. The first-order valence-corrected chi connectivity index (χ1v) is 8.99. The van der Waals surface area contributed by atoms with Crippen LogP contribution >= 0.6 is 11.3 Å². The smallest absolute Gasteiger partial charge is 0.251 e. The third-order valence-corrected chi connectivity index (χ3v) is 6.07. The van der Waals surface area contributed by atoms with Crippen molar-refractivity contribution in [3.05, 3.63) is 15.6 Å². The molecule has 0 N–H and O–H groups in total. The maximum Gasteiger partial charge on any atom is 0.251 e. The molecule has 1 aromatic heterocycles. The van der Waals surface area contributed by atoms with Crippen molar-refractivity contribution in [1.29, 1.82) is 0 Å². The molecule has 1 unspecified atom stereocenters. The lowest BCUT2D eigenvalue weighted by Crippen LogP contribution is -2.56. The Morgan fingerprint density at radius 3 is 2.70 bits per heavy atom. The van der Waals surface area contributed by atoms with Gasteiger partial charge in [0.25, 0.3) is 6.43 Å². The summed E-state index contributed by atoms with van der Waals surface area (Å²) in [6.45, 7) is 6.32. The van der Waals surface area contributed by atoms with Crippen molar-refractivity contribution in [3.63, 3.8) is 0 Å². The zero-order valence-electron chi connectivity index (χ0n) is 13.6. The Morgan fingerprint density at radius 1 is 1.35 bits per heavy atom. The van der Waals surface area contributed by atoms with Crippen LogP contribution in [0.3, 0.4) is 0 Å². The van der Waals surface area contributed by atoms with Crippen molar-refractivity contribution in [3.8, 4) is 0 Å². The van der Waals surface area contributed by atoms with Gasteiger partial charge in [0.15, 0.2) is 0 Å². The lowest BCUT2D eigenvalue weighted by Gasteiger charge is -2.42. The van der Waals surface area contributed by atoms with Crippen molar-refractivity contribution in [2.75, 3.05) is 32.7 Å². The minimum absolute atomic E-state index is 0.104. The van der Waals surface area contributed by atoms with Crippen LogP contribution in [0.1, 0.15) is 34.3 Å². The van der Waals surface area contributed by atoms with Crippen molar-refractivity contribution in [1.82, 2.24) is 14.8 Å². The van der Waals surface area contributed by atoms with Gasteiger partial charge in [0.05, 0.1) is 23.2 Å². The van der Waals surface area contributed by atoms with Gasteiger partial charge in [-0.25, -0.2) is 13.8 Å². The second-order valence-electron chi connectivity index (χ2n) is 6.62. The van der Waals surface area contributed by atoms with Crippen molar-refractivity contribution >= 4 is 17.2 Å². The molecule has 0 radical (unpaired) electrons. The summed E-state index contributed by atoms with van der Waals surface area (Å²) in [6.07, 6.45) is -0.262. The topological polar surface area (TPSA) is 36.4 Å². The highest BCUT2D eigenvalue weighted by Gasteiger charge is 2.38. The number of carbonyl (C=O) groups excluding carboxylic acids is 1. The molecule has 128 valence electrons. The normalized spacial score (nSPS) is 23.3. The quantitative estimate of drug-likeness (QED) is 0.843. The van der Waals surface area contributed by atoms with E-state index >= 15 is 0 Å². The summed E-state index contributed by atoms with van der Waals surface area (Å²) in [5, 5.41) is 1.13. The number of thiazole rings is 1. The molecule has 3 heterocycles. The molecule has 2 saturated heterocycles. The van der Waals surface area contributed by atoms with E-state index in [0.29, 0.717) is 19.0 Å². The van der Waals surface area contributed by atoms with Crippen LogP contribution < -0.4 is 0 Å². The number of hydrogen-bond donors (Lipinski definition) is 0. The number of rotatable bonds is 4. The molecule has 0 spiro atoms. The number of aromatic nitrogens is 1. The van der Waals surface area contributed by atoms with E-state index in [0.717, 1.165) is 36.6 Å². The Labute approximate surface area is 139 Å². The van der Waals surface area contributed by atoms with Gasteiger partial charge in [0.2, 0.25) is 5.91 Å². The SMILES string of the molecule is Cc1nc(C2CCCN(C(=O)C3CN(CC(F)F)C3)C2)sc1C. The van der Waals surface area contributed by atoms with Crippen LogP contribution in [-0.4, -0.2) is 59.8 Å². The number of carbonyl (C=O) groups is 1. The van der Waals surface area contributed by atoms with E-state index in [1.165, 1.54) is 4.88 Å². The van der Waals surface area contributed by atoms with Crippen LogP contribution in [0.4, 0.5) is 8.78 Å². The standard InChI is InChI=1S/C16H23F2N3OS/c1-10-11(2)23-15(19-10)12-4-3-5-21(8-12)16(22)13-6-20(7-13)9-14(17)18/h12-14H,3-9H2,1-2H3. The Kier molecular flexibility index (Phi) is 4.96. The summed E-state index contributed by atoms with van der Waals surface area (Å²) >= 11 is 1.73. The third-order valence-electron chi connectivity index (χ3n) is 4.83. The average Bonchev–Trinajstić information content (AvgIpc) is 2.81. The molecule has 2 fully saturated rings. The summed E-state index contributed by atoms with van der Waals surface area (Å²) in [6, 6.07) is 0. The molecular weight excluding hydrogens is 320 g/mol. The number of aryl methyl sites for hydroxylation is 2. The van der Waals surface area contributed by atoms with E-state index in [1.807, 2.05) is 11.8 Å². The predicted octanol–water partition coefficient (Wildman–Crippen LogP) is 2.66. The molecule has 23 heavy (non-hydrogen) atoms. The van der Waals surface area contributed by atoms with Gasteiger partial charge in [-0.2, -0.15) is 0 Å². The van der Waals surface area contributed by atoms with Gasteiger partial charge in [-0.15, -0.1) is 11.3 Å². The van der Waals surface area contributed by atoms with Gasteiger partial charge in [-0.05, 0) is 26.7 Å². The third kappa shape index (κ3) is 3.71. The molecule has 0 aromatic carbocycles. The number of halogens is 2. The Hall–Kier alpha value is -1.08. The van der Waals surface area contributed by atoms with E-state index < -0.39 is 6.43 Å². The summed E-state index contributed by atoms with van der Waals surface area (Å²) in [5.74, 6) is 0.347. The van der Waals surface area contributed by atoms with Gasteiger partial charge in [-0.3, -0.25) is 9.69 Å². The van der Waals surface area contributed by atoms with Crippen molar-refractivity contribution in [2.45, 2.75) is 39.0 Å². The van der Waals surface area contributed by atoms with E-state index in [1.54, 1.807) is 16.2 Å². The van der Waals surface area contributed by atoms with Gasteiger partial charge in [0, 0.05) is 37.0 Å². The van der Waals surface area contributed by atoms with Crippen LogP contribution in [0, 0.1) is 19.8 Å². The van der Waals surface area contributed by atoms with Crippen LogP contribution in [0.2, 0.25) is 0 Å². The second-order valence-corrected chi connectivity index (χ2v) is 7.86. The molecule has 1 atom stereocenters. The molecule has 0 bridgehead atoms. The fraction of sp³-hybridized carbons (Fsp3) is 0.750. The number of nitrogens with zero attached hydrogens (tertiary/aromatic N) is 3. The lowest BCUT2D eigenvalue weighted by atomic mass is 9.94. The maximum absolute atomic E-state index is 12.6. The van der Waals surface area contributed by atoms with Gasteiger partial charge >= 0.3 is 0 Å². The monoisotopic (exact) mass is 343 g/mol. The molecule has 3 rings (SSSR count). The zero-order valence-corrected chi connectivity index (χ0v) is 14.4. The summed E-state index contributed by atoms with van der Waals surface area (Å²) in [5.41, 5.74) is 1.08. The van der Waals surface area contributed by atoms with Gasteiger partial charge < -0.3 is 4.90 Å². The van der Waals surface area contributed by atoms with Crippen LogP contribution in [0.25, 0.3) is 0 Å². The summed E-state index contributed by atoms with van der Waals surface area (Å²) in [4.78, 5) is 22.0. The van der Waals surface area contributed by atoms with Gasteiger partial charge in [-0.1, -0.05) is 0 Å².